The maximum absolute atomic E-state index is 12.7. The Balaban J connectivity index is 1.38. The van der Waals surface area contributed by atoms with Crippen LogP contribution >= 0.6 is 0 Å². The number of aromatic nitrogens is 1. The number of unbranched alkanes of at least 4 members (excludes halogenated alkanes) is 2. The third kappa shape index (κ3) is 10.4. The Labute approximate surface area is 236 Å². The Kier molecular flexibility index (Phi) is 10.8. The molecule has 0 saturated carbocycles. The molecule has 8 nitrogen and oxygen atoms in total. The Morgan fingerprint density at radius 3 is 2.08 bits per heavy atom. The number of pyridine rings is 1. The van der Waals surface area contributed by atoms with Crippen molar-refractivity contribution in [2.45, 2.75) is 75.5 Å². The van der Waals surface area contributed by atoms with Crippen molar-refractivity contribution in [1.82, 2.24) is 4.98 Å². The van der Waals surface area contributed by atoms with Crippen molar-refractivity contribution in [3.63, 3.8) is 0 Å². The molecule has 0 fully saturated rings. The quantitative estimate of drug-likeness (QED) is 0.191. The number of hydrogen-bond donors (Lipinski definition) is 1. The largest absolute Gasteiger partial charge is 0.493 e. The number of carboxylic acids is 1. The lowest BCUT2D eigenvalue weighted by atomic mass is 10.0. The fourth-order valence-corrected chi connectivity index (χ4v) is 5.26. The topological polar surface area (TPSA) is 120 Å². The first-order chi connectivity index (χ1) is 18.9. The number of aryl methyl sites for hydroxylation is 1. The van der Waals surface area contributed by atoms with E-state index in [1.165, 1.54) is 29.8 Å². The van der Waals surface area contributed by atoms with Gasteiger partial charge in [-0.3, -0.25) is 9.78 Å². The highest BCUT2D eigenvalue weighted by Crippen LogP contribution is 2.20. The van der Waals surface area contributed by atoms with E-state index in [2.05, 4.69) is 29.2 Å². The molecule has 3 aromatic rings. The number of nitrogens with zero attached hydrogens (tertiary/aromatic N) is 1. The van der Waals surface area contributed by atoms with Gasteiger partial charge in [0.2, 0.25) is 0 Å². The SMILES string of the molecule is CC(C)(C)OC(=O)CCCCCc1ccc(CCOc2ccc(S(=O)(=O)Cc3ccc(C(=O)O)cn3)cc2)cc1. The van der Waals surface area contributed by atoms with Gasteiger partial charge in [0.1, 0.15) is 11.4 Å². The minimum absolute atomic E-state index is 0.00219. The summed E-state index contributed by atoms with van der Waals surface area (Å²) < 4.78 is 36.6. The predicted octanol–water partition coefficient (Wildman–Crippen LogP) is 5.82. The van der Waals surface area contributed by atoms with Gasteiger partial charge in [0.25, 0.3) is 0 Å². The second-order valence-electron chi connectivity index (χ2n) is 10.6. The van der Waals surface area contributed by atoms with Crippen molar-refractivity contribution < 1.29 is 32.6 Å². The third-order valence-electron chi connectivity index (χ3n) is 6.04. The van der Waals surface area contributed by atoms with E-state index in [4.69, 9.17) is 14.6 Å². The Morgan fingerprint density at radius 1 is 0.850 bits per heavy atom. The molecular formula is C31H37NO7S. The number of carboxylic acid groups (broad SMARTS) is 1. The lowest BCUT2D eigenvalue weighted by Crippen LogP contribution is -2.23. The number of carbonyl (C=O) groups excluding carboxylic acids is 1. The minimum Gasteiger partial charge on any atom is -0.493 e. The highest BCUT2D eigenvalue weighted by molar-refractivity contribution is 7.90. The van der Waals surface area contributed by atoms with Crippen LogP contribution in [-0.4, -0.2) is 42.7 Å². The van der Waals surface area contributed by atoms with Crippen LogP contribution in [0.1, 0.15) is 73.6 Å². The molecule has 2 aromatic carbocycles. The molecule has 0 bridgehead atoms. The van der Waals surface area contributed by atoms with Gasteiger partial charge in [0.15, 0.2) is 9.84 Å². The summed E-state index contributed by atoms with van der Waals surface area (Å²) in [6.07, 6.45) is 6.11. The number of aromatic carboxylic acids is 1. The molecule has 3 rings (SSSR count). The standard InChI is InChI=1S/C31H37NO7S/c1-31(2,3)39-29(33)8-6-4-5-7-23-9-11-24(12-10-23)19-20-38-27-15-17-28(18-16-27)40(36,37)22-26-14-13-25(21-32-26)30(34)35/h9-18,21H,4-8,19-20,22H2,1-3H3,(H,34,35). The lowest BCUT2D eigenvalue weighted by molar-refractivity contribution is -0.154. The molecule has 0 radical (unpaired) electrons. The van der Waals surface area contributed by atoms with Crippen LogP contribution in [0.15, 0.2) is 71.8 Å². The number of sulfone groups is 1. The molecule has 214 valence electrons. The second kappa shape index (κ2) is 14.1. The van der Waals surface area contributed by atoms with Gasteiger partial charge in [-0.05, 0) is 87.6 Å². The number of esters is 1. The molecule has 40 heavy (non-hydrogen) atoms. The molecule has 1 heterocycles. The van der Waals surface area contributed by atoms with E-state index in [-0.39, 0.29) is 27.9 Å². The van der Waals surface area contributed by atoms with Crippen LogP contribution in [-0.2, 0) is 38.0 Å². The van der Waals surface area contributed by atoms with Gasteiger partial charge in [0.05, 0.1) is 28.5 Å². The normalized spacial score (nSPS) is 11.7. The fraction of sp³-hybridized carbons (Fsp3) is 0.387. The summed E-state index contributed by atoms with van der Waals surface area (Å²) in [6.45, 7) is 6.09. The van der Waals surface area contributed by atoms with Crippen molar-refractivity contribution >= 4 is 21.8 Å². The van der Waals surface area contributed by atoms with Crippen LogP contribution in [0.5, 0.6) is 5.75 Å². The first kappa shape index (κ1) is 30.8. The average Bonchev–Trinajstić information content (AvgIpc) is 2.89. The highest BCUT2D eigenvalue weighted by atomic mass is 32.2. The van der Waals surface area contributed by atoms with E-state index in [1.54, 1.807) is 12.1 Å². The molecule has 0 atom stereocenters. The molecule has 0 amide bonds. The van der Waals surface area contributed by atoms with Gasteiger partial charge in [0, 0.05) is 19.0 Å². The molecule has 0 aliphatic heterocycles. The zero-order chi connectivity index (χ0) is 29.2. The van der Waals surface area contributed by atoms with Crippen LogP contribution in [0.3, 0.4) is 0 Å². The zero-order valence-electron chi connectivity index (χ0n) is 23.3. The summed E-state index contributed by atoms with van der Waals surface area (Å²) in [5.74, 6) is -1.00. The van der Waals surface area contributed by atoms with Crippen LogP contribution < -0.4 is 4.74 Å². The van der Waals surface area contributed by atoms with E-state index in [9.17, 15) is 18.0 Å². The maximum Gasteiger partial charge on any atom is 0.337 e. The lowest BCUT2D eigenvalue weighted by Gasteiger charge is -2.19. The Hall–Kier alpha value is -3.72. The molecule has 0 spiro atoms. The first-order valence-electron chi connectivity index (χ1n) is 13.3. The molecular weight excluding hydrogens is 530 g/mol. The van der Waals surface area contributed by atoms with E-state index in [0.29, 0.717) is 25.2 Å². The molecule has 0 aliphatic rings. The van der Waals surface area contributed by atoms with Crippen LogP contribution in [0, 0.1) is 0 Å². The number of hydrogen-bond acceptors (Lipinski definition) is 7. The highest BCUT2D eigenvalue weighted by Gasteiger charge is 2.17. The fourth-order valence-electron chi connectivity index (χ4n) is 3.98. The Morgan fingerprint density at radius 2 is 1.50 bits per heavy atom. The molecule has 1 N–H and O–H groups in total. The second-order valence-corrected chi connectivity index (χ2v) is 12.6. The predicted molar refractivity (Wildman–Crippen MR) is 152 cm³/mol. The summed E-state index contributed by atoms with van der Waals surface area (Å²) >= 11 is 0. The monoisotopic (exact) mass is 567 g/mol. The molecule has 0 aliphatic carbocycles. The molecule has 0 unspecified atom stereocenters. The van der Waals surface area contributed by atoms with Crippen LogP contribution in [0.25, 0.3) is 0 Å². The van der Waals surface area contributed by atoms with Gasteiger partial charge in [-0.2, -0.15) is 0 Å². The first-order valence-corrected chi connectivity index (χ1v) is 15.0. The third-order valence-corrected chi connectivity index (χ3v) is 7.71. The van der Waals surface area contributed by atoms with Gasteiger partial charge < -0.3 is 14.6 Å². The van der Waals surface area contributed by atoms with E-state index in [1.807, 2.05) is 20.8 Å². The van der Waals surface area contributed by atoms with Crippen molar-refractivity contribution in [3.8, 4) is 5.75 Å². The summed E-state index contributed by atoms with van der Waals surface area (Å²) in [4.78, 5) is 26.8. The summed E-state index contributed by atoms with van der Waals surface area (Å²) in [5.41, 5.74) is 2.25. The summed E-state index contributed by atoms with van der Waals surface area (Å²) in [6, 6.07) is 17.4. The molecule has 1 aromatic heterocycles. The molecule has 9 heteroatoms. The van der Waals surface area contributed by atoms with E-state index in [0.717, 1.165) is 37.4 Å². The van der Waals surface area contributed by atoms with E-state index < -0.39 is 21.4 Å². The van der Waals surface area contributed by atoms with Gasteiger partial charge in [-0.25, -0.2) is 13.2 Å². The number of rotatable bonds is 14. The van der Waals surface area contributed by atoms with Crippen molar-refractivity contribution in [2.75, 3.05) is 6.61 Å². The zero-order valence-corrected chi connectivity index (χ0v) is 24.1. The smallest absolute Gasteiger partial charge is 0.337 e. The summed E-state index contributed by atoms with van der Waals surface area (Å²) in [7, 11) is -3.64. The van der Waals surface area contributed by atoms with Crippen molar-refractivity contribution in [2.24, 2.45) is 0 Å². The minimum atomic E-state index is -3.64. The van der Waals surface area contributed by atoms with E-state index >= 15 is 0 Å². The number of carbonyl (C=O) groups is 2. The number of ether oxygens (including phenoxy) is 2. The van der Waals surface area contributed by atoms with Crippen molar-refractivity contribution in [3.05, 3.63) is 89.2 Å². The molecule has 0 saturated heterocycles. The Bertz CT molecular complexity index is 1360. The average molecular weight is 568 g/mol. The van der Waals surface area contributed by atoms with Gasteiger partial charge in [-0.15, -0.1) is 0 Å². The maximum atomic E-state index is 12.7. The van der Waals surface area contributed by atoms with Crippen LogP contribution in [0.4, 0.5) is 0 Å². The van der Waals surface area contributed by atoms with Gasteiger partial charge in [-0.1, -0.05) is 30.7 Å². The summed E-state index contributed by atoms with van der Waals surface area (Å²) in [5, 5.41) is 8.95. The van der Waals surface area contributed by atoms with Crippen LogP contribution in [0.2, 0.25) is 0 Å². The van der Waals surface area contributed by atoms with Gasteiger partial charge >= 0.3 is 11.9 Å². The number of benzene rings is 2. The van der Waals surface area contributed by atoms with Crippen molar-refractivity contribution in [1.29, 1.82) is 0 Å².